The normalized spacial score (nSPS) is 13.7. The van der Waals surface area contributed by atoms with Gasteiger partial charge in [0.25, 0.3) is 0 Å². The van der Waals surface area contributed by atoms with E-state index in [1.165, 1.54) is 5.56 Å². The molecule has 2 aromatic carbocycles. The number of aromatic hydroxyl groups is 1. The molecule has 1 unspecified atom stereocenters. The highest BCUT2D eigenvalue weighted by Gasteiger charge is 2.14. The minimum Gasteiger partial charge on any atom is -0.504 e. The molecule has 3 nitrogen and oxygen atoms in total. The van der Waals surface area contributed by atoms with Crippen molar-refractivity contribution in [2.24, 2.45) is 0 Å². The summed E-state index contributed by atoms with van der Waals surface area (Å²) in [5, 5.41) is 13.2. The number of nitrogens with one attached hydrogen (secondary N) is 1. The van der Waals surface area contributed by atoms with E-state index in [0.717, 1.165) is 10.0 Å². The van der Waals surface area contributed by atoms with Gasteiger partial charge in [-0.3, -0.25) is 0 Å². The van der Waals surface area contributed by atoms with Crippen molar-refractivity contribution in [2.45, 2.75) is 25.9 Å². The van der Waals surface area contributed by atoms with Crippen LogP contribution in [0, 0.1) is 0 Å². The van der Waals surface area contributed by atoms with Gasteiger partial charge in [-0.25, -0.2) is 0 Å². The van der Waals surface area contributed by atoms with Crippen molar-refractivity contribution in [1.82, 2.24) is 5.32 Å². The van der Waals surface area contributed by atoms with E-state index >= 15 is 0 Å². The molecule has 0 saturated heterocycles. The van der Waals surface area contributed by atoms with Gasteiger partial charge < -0.3 is 15.2 Å². The number of rotatable bonds is 5. The first-order valence-corrected chi connectivity index (χ1v) is 7.69. The van der Waals surface area contributed by atoms with E-state index in [0.29, 0.717) is 5.75 Å². The second-order valence-electron chi connectivity index (χ2n) is 5.06. The number of phenolic OH excluding ortho intramolecular Hbond substituents is 1. The molecule has 0 heterocycles. The van der Waals surface area contributed by atoms with Gasteiger partial charge in [-0.15, -0.1) is 0 Å². The third-order valence-corrected chi connectivity index (χ3v) is 4.30. The molecule has 0 saturated carbocycles. The fourth-order valence-electron chi connectivity index (χ4n) is 2.35. The van der Waals surface area contributed by atoms with Crippen LogP contribution < -0.4 is 10.1 Å². The predicted molar refractivity (Wildman–Crippen MR) is 88.8 cm³/mol. The maximum atomic E-state index is 9.66. The predicted octanol–water partition coefficient (Wildman–Crippen LogP) is 4.58. The SMILES string of the molecule is COc1cc(C(C)N[C@H](C)c2ccccc2Br)ccc1O. The number of hydrogen-bond donors (Lipinski definition) is 2. The third kappa shape index (κ3) is 3.77. The second kappa shape index (κ2) is 6.96. The Morgan fingerprint density at radius 3 is 2.48 bits per heavy atom. The van der Waals surface area contributed by atoms with Gasteiger partial charge >= 0.3 is 0 Å². The molecule has 0 fully saturated rings. The highest BCUT2D eigenvalue weighted by molar-refractivity contribution is 9.10. The van der Waals surface area contributed by atoms with E-state index in [1.54, 1.807) is 13.2 Å². The summed E-state index contributed by atoms with van der Waals surface area (Å²) in [6.45, 7) is 4.23. The molecular formula is C17H20BrNO2. The number of ether oxygens (including phenoxy) is 1. The van der Waals surface area contributed by atoms with Crippen LogP contribution in [0.15, 0.2) is 46.9 Å². The Morgan fingerprint density at radius 1 is 1.10 bits per heavy atom. The molecule has 0 radical (unpaired) electrons. The number of methoxy groups -OCH3 is 1. The summed E-state index contributed by atoms with van der Waals surface area (Å²) >= 11 is 3.58. The molecule has 2 rings (SSSR count). The van der Waals surface area contributed by atoms with Gasteiger partial charge in [-0.05, 0) is 43.2 Å². The van der Waals surface area contributed by atoms with Crippen molar-refractivity contribution in [3.63, 3.8) is 0 Å². The lowest BCUT2D eigenvalue weighted by Gasteiger charge is -2.22. The summed E-state index contributed by atoms with van der Waals surface area (Å²) in [6, 6.07) is 14.0. The van der Waals surface area contributed by atoms with Crippen LogP contribution in [0.1, 0.15) is 37.1 Å². The Balaban J connectivity index is 2.14. The molecule has 0 aliphatic heterocycles. The van der Waals surface area contributed by atoms with E-state index in [2.05, 4.69) is 41.2 Å². The summed E-state index contributed by atoms with van der Waals surface area (Å²) in [6.07, 6.45) is 0. The quantitative estimate of drug-likeness (QED) is 0.830. The summed E-state index contributed by atoms with van der Waals surface area (Å²) in [4.78, 5) is 0. The monoisotopic (exact) mass is 349 g/mol. The highest BCUT2D eigenvalue weighted by atomic mass is 79.9. The van der Waals surface area contributed by atoms with E-state index in [-0.39, 0.29) is 17.8 Å². The molecule has 0 spiro atoms. The molecule has 2 atom stereocenters. The van der Waals surface area contributed by atoms with Gasteiger partial charge in [-0.2, -0.15) is 0 Å². The molecule has 0 bridgehead atoms. The van der Waals surface area contributed by atoms with Gasteiger partial charge in [0.05, 0.1) is 7.11 Å². The van der Waals surface area contributed by atoms with E-state index in [1.807, 2.05) is 30.3 Å². The zero-order valence-corrected chi connectivity index (χ0v) is 14.0. The number of benzene rings is 2. The molecule has 2 aromatic rings. The molecule has 21 heavy (non-hydrogen) atoms. The van der Waals surface area contributed by atoms with Crippen molar-refractivity contribution >= 4 is 15.9 Å². The van der Waals surface area contributed by atoms with Crippen LogP contribution in [0.25, 0.3) is 0 Å². The standard InChI is InChI=1S/C17H20BrNO2/c1-11(13-8-9-16(20)17(10-13)21-3)19-12(2)14-6-4-5-7-15(14)18/h4-12,19-20H,1-3H3/t11?,12-/m1/s1. The fourth-order valence-corrected chi connectivity index (χ4v) is 2.98. The number of halogens is 1. The lowest BCUT2D eigenvalue weighted by atomic mass is 10.0. The lowest BCUT2D eigenvalue weighted by Crippen LogP contribution is -2.22. The van der Waals surface area contributed by atoms with E-state index in [4.69, 9.17) is 4.74 Å². The van der Waals surface area contributed by atoms with Crippen LogP contribution in [-0.2, 0) is 0 Å². The number of phenols is 1. The zero-order chi connectivity index (χ0) is 15.4. The first kappa shape index (κ1) is 15.9. The minimum atomic E-state index is 0.140. The Bertz CT molecular complexity index is 615. The van der Waals surface area contributed by atoms with Crippen LogP contribution >= 0.6 is 15.9 Å². The summed E-state index contributed by atoms with van der Waals surface area (Å²) in [5.41, 5.74) is 2.29. The third-order valence-electron chi connectivity index (χ3n) is 3.58. The molecule has 0 aromatic heterocycles. The van der Waals surface area contributed by atoms with Crippen molar-refractivity contribution < 1.29 is 9.84 Å². The van der Waals surface area contributed by atoms with E-state index in [9.17, 15) is 5.11 Å². The summed E-state index contributed by atoms with van der Waals surface area (Å²) < 4.78 is 6.26. The minimum absolute atomic E-state index is 0.140. The van der Waals surface area contributed by atoms with Crippen LogP contribution in [-0.4, -0.2) is 12.2 Å². The van der Waals surface area contributed by atoms with Crippen LogP contribution in [0.5, 0.6) is 11.5 Å². The number of hydrogen-bond acceptors (Lipinski definition) is 3. The maximum Gasteiger partial charge on any atom is 0.160 e. The van der Waals surface area contributed by atoms with Gasteiger partial charge in [0.15, 0.2) is 11.5 Å². The Kier molecular flexibility index (Phi) is 5.26. The summed E-state index contributed by atoms with van der Waals surface area (Å²) in [5.74, 6) is 0.655. The zero-order valence-electron chi connectivity index (χ0n) is 12.4. The van der Waals surface area contributed by atoms with Crippen LogP contribution in [0.3, 0.4) is 0 Å². The van der Waals surface area contributed by atoms with Gasteiger partial charge in [0.2, 0.25) is 0 Å². The van der Waals surface area contributed by atoms with Crippen LogP contribution in [0.4, 0.5) is 0 Å². The Hall–Kier alpha value is -1.52. The second-order valence-corrected chi connectivity index (χ2v) is 5.92. The molecule has 4 heteroatoms. The van der Waals surface area contributed by atoms with E-state index < -0.39 is 0 Å². The van der Waals surface area contributed by atoms with Gasteiger partial charge in [0.1, 0.15) is 0 Å². The first-order valence-electron chi connectivity index (χ1n) is 6.90. The average molecular weight is 350 g/mol. The van der Waals surface area contributed by atoms with Gasteiger partial charge in [-0.1, -0.05) is 40.2 Å². The Labute approximate surface area is 134 Å². The Morgan fingerprint density at radius 2 is 1.81 bits per heavy atom. The fraction of sp³-hybridized carbons (Fsp3) is 0.294. The molecule has 2 N–H and O–H groups in total. The molecule has 0 amide bonds. The molecule has 0 aliphatic carbocycles. The topological polar surface area (TPSA) is 41.5 Å². The largest absolute Gasteiger partial charge is 0.504 e. The average Bonchev–Trinajstić information content (AvgIpc) is 2.48. The summed E-state index contributed by atoms with van der Waals surface area (Å²) in [7, 11) is 1.56. The first-order chi connectivity index (χ1) is 10.0. The van der Waals surface area contributed by atoms with Crippen molar-refractivity contribution in [3.05, 3.63) is 58.1 Å². The molecule has 0 aliphatic rings. The van der Waals surface area contributed by atoms with Gasteiger partial charge in [0, 0.05) is 16.6 Å². The van der Waals surface area contributed by atoms with Crippen molar-refractivity contribution in [3.8, 4) is 11.5 Å². The molecule has 112 valence electrons. The smallest absolute Gasteiger partial charge is 0.160 e. The molecular weight excluding hydrogens is 330 g/mol. The van der Waals surface area contributed by atoms with Crippen molar-refractivity contribution in [1.29, 1.82) is 0 Å². The maximum absolute atomic E-state index is 9.66. The highest BCUT2D eigenvalue weighted by Crippen LogP contribution is 2.30. The van der Waals surface area contributed by atoms with Crippen molar-refractivity contribution in [2.75, 3.05) is 7.11 Å². The van der Waals surface area contributed by atoms with Crippen LogP contribution in [0.2, 0.25) is 0 Å². The lowest BCUT2D eigenvalue weighted by molar-refractivity contribution is 0.371.